The molecule has 5 nitrogen and oxygen atoms in total. The van der Waals surface area contributed by atoms with Crippen LogP contribution in [0.4, 0.5) is 10.1 Å². The molecule has 2 aromatic carbocycles. The van der Waals surface area contributed by atoms with Crippen molar-refractivity contribution in [1.82, 2.24) is 4.72 Å². The van der Waals surface area contributed by atoms with Crippen LogP contribution in [0.5, 0.6) is 0 Å². The fourth-order valence-corrected chi connectivity index (χ4v) is 3.66. The molecule has 1 fully saturated rings. The molecule has 1 heterocycles. The van der Waals surface area contributed by atoms with E-state index in [2.05, 4.69) is 4.72 Å². The van der Waals surface area contributed by atoms with Crippen molar-refractivity contribution in [2.45, 2.75) is 24.3 Å². The number of rotatable bonds is 5. The van der Waals surface area contributed by atoms with Gasteiger partial charge in [-0.1, -0.05) is 18.2 Å². The minimum atomic E-state index is -3.77. The van der Waals surface area contributed by atoms with Gasteiger partial charge >= 0.3 is 0 Å². The summed E-state index contributed by atoms with van der Waals surface area (Å²) < 4.78 is 39.9. The monoisotopic (exact) mass is 348 g/mol. The Hall–Kier alpha value is -2.25. The van der Waals surface area contributed by atoms with Crippen molar-refractivity contribution in [3.8, 4) is 0 Å². The minimum absolute atomic E-state index is 0.0904. The van der Waals surface area contributed by atoms with Crippen LogP contribution in [-0.2, 0) is 21.4 Å². The van der Waals surface area contributed by atoms with E-state index in [0.717, 1.165) is 23.7 Å². The molecule has 2 aromatic rings. The molecule has 0 spiro atoms. The van der Waals surface area contributed by atoms with Crippen LogP contribution in [0.1, 0.15) is 18.4 Å². The van der Waals surface area contributed by atoms with Crippen molar-refractivity contribution in [2.24, 2.45) is 0 Å². The number of hydrogen-bond acceptors (Lipinski definition) is 3. The Kier molecular flexibility index (Phi) is 4.64. The first kappa shape index (κ1) is 16.6. The first-order chi connectivity index (χ1) is 11.5. The average molecular weight is 348 g/mol. The number of carbonyl (C=O) groups excluding carboxylic acids is 1. The molecule has 0 aliphatic carbocycles. The van der Waals surface area contributed by atoms with Gasteiger partial charge in [-0.15, -0.1) is 0 Å². The topological polar surface area (TPSA) is 66.5 Å². The summed E-state index contributed by atoms with van der Waals surface area (Å²) in [5.74, 6) is -0.493. The van der Waals surface area contributed by atoms with Crippen molar-refractivity contribution in [2.75, 3.05) is 11.4 Å². The second kappa shape index (κ2) is 6.70. The van der Waals surface area contributed by atoms with Crippen LogP contribution in [0.3, 0.4) is 0 Å². The number of amides is 1. The van der Waals surface area contributed by atoms with Crippen molar-refractivity contribution >= 4 is 21.6 Å². The van der Waals surface area contributed by atoms with Crippen LogP contribution in [0.15, 0.2) is 53.4 Å². The lowest BCUT2D eigenvalue weighted by atomic mass is 10.2. The van der Waals surface area contributed by atoms with Crippen molar-refractivity contribution in [1.29, 1.82) is 0 Å². The summed E-state index contributed by atoms with van der Waals surface area (Å²) in [6.45, 7) is 0.803. The summed E-state index contributed by atoms with van der Waals surface area (Å²) in [4.78, 5) is 13.3. The first-order valence-electron chi connectivity index (χ1n) is 7.60. The Morgan fingerprint density at radius 1 is 1.12 bits per heavy atom. The molecule has 0 aromatic heterocycles. The predicted molar refractivity (Wildman–Crippen MR) is 88.5 cm³/mol. The standard InChI is InChI=1S/C17H17FN2O3S/c18-14-3-1-4-16(11-14)24(22,23)19-12-13-6-8-15(9-7-13)20-10-2-5-17(20)21/h1,3-4,6-9,11,19H,2,5,10,12H2. The van der Waals surface area contributed by atoms with Crippen LogP contribution in [0.25, 0.3) is 0 Å². The Balaban J connectivity index is 1.67. The van der Waals surface area contributed by atoms with Crippen LogP contribution >= 0.6 is 0 Å². The van der Waals surface area contributed by atoms with E-state index in [4.69, 9.17) is 0 Å². The van der Waals surface area contributed by atoms with Crippen molar-refractivity contribution in [3.63, 3.8) is 0 Å². The maximum atomic E-state index is 13.2. The van der Waals surface area contributed by atoms with Gasteiger partial charge in [-0.25, -0.2) is 17.5 Å². The molecule has 0 atom stereocenters. The molecule has 1 saturated heterocycles. The van der Waals surface area contributed by atoms with Gasteiger partial charge in [-0.3, -0.25) is 4.79 Å². The number of halogens is 1. The van der Waals surface area contributed by atoms with Gasteiger partial charge in [-0.05, 0) is 42.3 Å². The number of carbonyl (C=O) groups is 1. The summed E-state index contributed by atoms with van der Waals surface area (Å²) in [6.07, 6.45) is 1.42. The normalized spacial score (nSPS) is 15.0. The zero-order valence-electron chi connectivity index (χ0n) is 12.9. The molecule has 1 aliphatic rings. The molecule has 3 rings (SSSR count). The smallest absolute Gasteiger partial charge is 0.240 e. The van der Waals surface area contributed by atoms with Gasteiger partial charge in [0.15, 0.2) is 0 Å². The van der Waals surface area contributed by atoms with E-state index < -0.39 is 15.8 Å². The van der Waals surface area contributed by atoms with Gasteiger partial charge in [0, 0.05) is 25.2 Å². The van der Waals surface area contributed by atoms with E-state index in [9.17, 15) is 17.6 Å². The number of nitrogens with one attached hydrogen (secondary N) is 1. The maximum absolute atomic E-state index is 13.2. The molecule has 1 N–H and O–H groups in total. The lowest BCUT2D eigenvalue weighted by Gasteiger charge is -2.16. The summed E-state index contributed by atoms with van der Waals surface area (Å²) in [7, 11) is -3.77. The highest BCUT2D eigenvalue weighted by molar-refractivity contribution is 7.89. The van der Waals surface area contributed by atoms with Crippen molar-refractivity contribution < 1.29 is 17.6 Å². The second-order valence-electron chi connectivity index (χ2n) is 5.60. The zero-order chi connectivity index (χ0) is 17.2. The largest absolute Gasteiger partial charge is 0.312 e. The number of benzene rings is 2. The van der Waals surface area contributed by atoms with Gasteiger partial charge in [0.1, 0.15) is 5.82 Å². The van der Waals surface area contributed by atoms with E-state index in [0.29, 0.717) is 13.0 Å². The Bertz CT molecular complexity index is 850. The highest BCUT2D eigenvalue weighted by Crippen LogP contribution is 2.21. The lowest BCUT2D eigenvalue weighted by molar-refractivity contribution is -0.117. The minimum Gasteiger partial charge on any atom is -0.312 e. The van der Waals surface area contributed by atoms with Gasteiger partial charge < -0.3 is 4.90 Å². The zero-order valence-corrected chi connectivity index (χ0v) is 13.7. The Morgan fingerprint density at radius 3 is 2.50 bits per heavy atom. The highest BCUT2D eigenvalue weighted by Gasteiger charge is 2.21. The van der Waals surface area contributed by atoms with E-state index >= 15 is 0 Å². The third-order valence-corrected chi connectivity index (χ3v) is 5.29. The number of anilines is 1. The van der Waals surface area contributed by atoms with Gasteiger partial charge in [0.25, 0.3) is 0 Å². The number of sulfonamides is 1. The maximum Gasteiger partial charge on any atom is 0.240 e. The van der Waals surface area contributed by atoms with E-state index in [1.165, 1.54) is 18.2 Å². The SMILES string of the molecule is O=C1CCCN1c1ccc(CNS(=O)(=O)c2cccc(F)c2)cc1. The molecule has 0 unspecified atom stereocenters. The summed E-state index contributed by atoms with van der Waals surface area (Å²) in [6, 6.07) is 12.0. The molecular formula is C17H17FN2O3S. The predicted octanol–water partition coefficient (Wildman–Crippen LogP) is 2.43. The molecular weight excluding hydrogens is 331 g/mol. The average Bonchev–Trinajstić information content (AvgIpc) is 3.00. The summed E-state index contributed by atoms with van der Waals surface area (Å²) >= 11 is 0. The van der Waals surface area contributed by atoms with Gasteiger partial charge in [-0.2, -0.15) is 0 Å². The second-order valence-corrected chi connectivity index (χ2v) is 7.36. The molecule has 1 aliphatic heterocycles. The third kappa shape index (κ3) is 3.63. The molecule has 24 heavy (non-hydrogen) atoms. The Labute approximate surface area is 140 Å². The van der Waals surface area contributed by atoms with Gasteiger partial charge in [0.05, 0.1) is 4.90 Å². The quantitative estimate of drug-likeness (QED) is 0.902. The van der Waals surface area contributed by atoms with E-state index in [1.54, 1.807) is 29.2 Å². The highest BCUT2D eigenvalue weighted by atomic mass is 32.2. The summed E-state index contributed by atoms with van der Waals surface area (Å²) in [5, 5.41) is 0. The number of nitrogens with zero attached hydrogens (tertiary/aromatic N) is 1. The lowest BCUT2D eigenvalue weighted by Crippen LogP contribution is -2.24. The van der Waals surface area contributed by atoms with Crippen LogP contribution in [0, 0.1) is 5.82 Å². The molecule has 0 bridgehead atoms. The van der Waals surface area contributed by atoms with Crippen LogP contribution in [0.2, 0.25) is 0 Å². The fourth-order valence-electron chi connectivity index (χ4n) is 2.61. The van der Waals surface area contributed by atoms with Gasteiger partial charge in [0.2, 0.25) is 15.9 Å². The van der Waals surface area contributed by atoms with E-state index in [1.807, 2.05) is 0 Å². The van der Waals surface area contributed by atoms with Crippen LogP contribution in [-0.4, -0.2) is 20.9 Å². The van der Waals surface area contributed by atoms with Crippen molar-refractivity contribution in [3.05, 3.63) is 59.9 Å². The fraction of sp³-hybridized carbons (Fsp3) is 0.235. The molecule has 1 amide bonds. The first-order valence-corrected chi connectivity index (χ1v) is 9.08. The molecule has 0 radical (unpaired) electrons. The Morgan fingerprint density at radius 2 is 1.88 bits per heavy atom. The summed E-state index contributed by atoms with van der Waals surface area (Å²) in [5.41, 5.74) is 1.57. The van der Waals surface area contributed by atoms with E-state index in [-0.39, 0.29) is 17.3 Å². The van der Waals surface area contributed by atoms with Crippen LogP contribution < -0.4 is 9.62 Å². The molecule has 7 heteroatoms. The third-order valence-electron chi connectivity index (χ3n) is 3.89. The molecule has 126 valence electrons. The number of hydrogen-bond donors (Lipinski definition) is 1. The molecule has 0 saturated carbocycles.